The van der Waals surface area contributed by atoms with Crippen molar-refractivity contribution in [2.75, 3.05) is 11.5 Å². The normalized spacial score (nSPS) is 39.8. The molecular weight excluding hydrogens is 118 g/mol. The van der Waals surface area contributed by atoms with E-state index < -0.39 is 0 Å². The molecule has 0 unspecified atom stereocenters. The number of hydrogen-bond acceptors (Lipinski definition) is 2. The van der Waals surface area contributed by atoms with E-state index in [1.165, 1.54) is 17.9 Å². The highest BCUT2D eigenvalue weighted by Crippen LogP contribution is 2.20. The third-order valence-corrected chi connectivity index (χ3v) is 2.91. The number of thioether (sulfide) groups is 1. The molecule has 2 N–H and O–H groups in total. The lowest BCUT2D eigenvalue weighted by Crippen LogP contribution is -2.30. The van der Waals surface area contributed by atoms with Crippen LogP contribution in [0.15, 0.2) is 0 Å². The maximum Gasteiger partial charge on any atom is 0.0133 e. The van der Waals surface area contributed by atoms with Crippen LogP contribution in [0.3, 0.4) is 0 Å². The lowest BCUT2D eigenvalue weighted by atomic mass is 10.1. The van der Waals surface area contributed by atoms with Gasteiger partial charge in [-0.05, 0) is 18.1 Å². The molecular formula is C6H13NS. The van der Waals surface area contributed by atoms with Crippen molar-refractivity contribution in [1.82, 2.24) is 0 Å². The van der Waals surface area contributed by atoms with Crippen LogP contribution in [0.5, 0.6) is 0 Å². The molecule has 48 valence electrons. The molecule has 2 atom stereocenters. The molecule has 0 aliphatic carbocycles. The molecule has 2 heteroatoms. The van der Waals surface area contributed by atoms with Crippen LogP contribution in [-0.4, -0.2) is 17.5 Å². The van der Waals surface area contributed by atoms with Crippen LogP contribution in [0.4, 0.5) is 0 Å². The Labute approximate surface area is 55.0 Å². The number of hydrogen-bond donors (Lipinski definition) is 1. The molecule has 0 saturated carbocycles. The van der Waals surface area contributed by atoms with Gasteiger partial charge >= 0.3 is 0 Å². The Morgan fingerprint density at radius 1 is 1.50 bits per heavy atom. The van der Waals surface area contributed by atoms with Gasteiger partial charge in [0.15, 0.2) is 0 Å². The van der Waals surface area contributed by atoms with Crippen LogP contribution in [-0.2, 0) is 0 Å². The van der Waals surface area contributed by atoms with Gasteiger partial charge in [-0.1, -0.05) is 6.92 Å². The molecule has 1 fully saturated rings. The molecule has 0 aromatic heterocycles. The Morgan fingerprint density at radius 2 is 2.25 bits per heavy atom. The first kappa shape index (κ1) is 6.43. The summed E-state index contributed by atoms with van der Waals surface area (Å²) in [6.07, 6.45) is 1.23. The van der Waals surface area contributed by atoms with Gasteiger partial charge in [0.25, 0.3) is 0 Å². The first-order chi connectivity index (χ1) is 3.79. The summed E-state index contributed by atoms with van der Waals surface area (Å²) >= 11 is 1.99. The summed E-state index contributed by atoms with van der Waals surface area (Å²) in [5, 5.41) is 0. The molecule has 0 aromatic carbocycles. The van der Waals surface area contributed by atoms with Crippen LogP contribution in [0.25, 0.3) is 0 Å². The van der Waals surface area contributed by atoms with Crippen molar-refractivity contribution < 1.29 is 0 Å². The smallest absolute Gasteiger partial charge is 0.0133 e. The van der Waals surface area contributed by atoms with Crippen molar-refractivity contribution in [3.63, 3.8) is 0 Å². The maximum absolute atomic E-state index is 5.70. The van der Waals surface area contributed by atoms with E-state index in [2.05, 4.69) is 6.92 Å². The van der Waals surface area contributed by atoms with Crippen LogP contribution in [0.2, 0.25) is 0 Å². The van der Waals surface area contributed by atoms with Gasteiger partial charge in [0.1, 0.15) is 0 Å². The fraction of sp³-hybridized carbons (Fsp3) is 1.00. The van der Waals surface area contributed by atoms with Gasteiger partial charge in [-0.3, -0.25) is 0 Å². The van der Waals surface area contributed by atoms with Gasteiger partial charge in [-0.15, -0.1) is 0 Å². The topological polar surface area (TPSA) is 26.0 Å². The van der Waals surface area contributed by atoms with Gasteiger partial charge in [0.05, 0.1) is 0 Å². The summed E-state index contributed by atoms with van der Waals surface area (Å²) in [6.45, 7) is 2.27. The third kappa shape index (κ3) is 1.67. The molecule has 1 aliphatic rings. The standard InChI is InChI=1S/C6H13NS/c1-5-2-6(7)4-8-3-5/h5-6H,2-4,7H2,1H3/t5-,6+/m0/s1. The van der Waals surface area contributed by atoms with Crippen LogP contribution in [0.1, 0.15) is 13.3 Å². The zero-order chi connectivity index (χ0) is 5.98. The number of nitrogens with two attached hydrogens (primary N) is 1. The van der Waals surface area contributed by atoms with Crippen molar-refractivity contribution in [3.05, 3.63) is 0 Å². The second-order valence-corrected chi connectivity index (χ2v) is 3.71. The summed E-state index contributed by atoms with van der Waals surface area (Å²) in [4.78, 5) is 0. The van der Waals surface area contributed by atoms with Crippen molar-refractivity contribution >= 4 is 11.8 Å². The fourth-order valence-electron chi connectivity index (χ4n) is 1.07. The third-order valence-electron chi connectivity index (χ3n) is 1.44. The fourth-order valence-corrected chi connectivity index (χ4v) is 2.19. The molecule has 1 aliphatic heterocycles. The monoisotopic (exact) mass is 131 g/mol. The Kier molecular flexibility index (Phi) is 2.20. The number of rotatable bonds is 0. The predicted octanol–water partition coefficient (Wildman–Crippen LogP) is 1.09. The molecule has 0 aromatic rings. The van der Waals surface area contributed by atoms with E-state index >= 15 is 0 Å². The molecule has 8 heavy (non-hydrogen) atoms. The largest absolute Gasteiger partial charge is 0.327 e. The van der Waals surface area contributed by atoms with E-state index in [4.69, 9.17) is 5.73 Å². The first-order valence-corrected chi connectivity index (χ1v) is 4.28. The quantitative estimate of drug-likeness (QED) is 0.532. The predicted molar refractivity (Wildman–Crippen MR) is 39.1 cm³/mol. The molecule has 1 saturated heterocycles. The van der Waals surface area contributed by atoms with Gasteiger partial charge < -0.3 is 5.73 Å². The molecule has 0 spiro atoms. The highest BCUT2D eigenvalue weighted by molar-refractivity contribution is 7.99. The summed E-state index contributed by atoms with van der Waals surface area (Å²) in [5.41, 5.74) is 5.70. The minimum Gasteiger partial charge on any atom is -0.327 e. The van der Waals surface area contributed by atoms with E-state index in [9.17, 15) is 0 Å². The zero-order valence-corrected chi connectivity index (χ0v) is 6.08. The van der Waals surface area contributed by atoms with E-state index in [1.807, 2.05) is 11.8 Å². The maximum atomic E-state index is 5.70. The van der Waals surface area contributed by atoms with E-state index in [0.29, 0.717) is 6.04 Å². The minimum atomic E-state index is 0.476. The molecule has 0 radical (unpaired) electrons. The van der Waals surface area contributed by atoms with Gasteiger partial charge in [0, 0.05) is 11.8 Å². The van der Waals surface area contributed by atoms with E-state index in [1.54, 1.807) is 0 Å². The zero-order valence-electron chi connectivity index (χ0n) is 5.26. The summed E-state index contributed by atoms with van der Waals surface area (Å²) < 4.78 is 0. The Morgan fingerprint density at radius 3 is 2.62 bits per heavy atom. The lowest BCUT2D eigenvalue weighted by molar-refractivity contribution is 0.516. The van der Waals surface area contributed by atoms with Gasteiger partial charge in [0.2, 0.25) is 0 Å². The minimum absolute atomic E-state index is 0.476. The Bertz CT molecular complexity index is 66.9. The van der Waals surface area contributed by atoms with Gasteiger partial charge in [-0.25, -0.2) is 0 Å². The molecule has 0 amide bonds. The highest BCUT2D eigenvalue weighted by Gasteiger charge is 2.14. The van der Waals surface area contributed by atoms with Gasteiger partial charge in [-0.2, -0.15) is 11.8 Å². The summed E-state index contributed by atoms with van der Waals surface area (Å²) in [7, 11) is 0. The van der Waals surface area contributed by atoms with Crippen molar-refractivity contribution in [3.8, 4) is 0 Å². The van der Waals surface area contributed by atoms with E-state index in [-0.39, 0.29) is 0 Å². The molecule has 0 bridgehead atoms. The van der Waals surface area contributed by atoms with Crippen LogP contribution >= 0.6 is 11.8 Å². The molecule has 1 rings (SSSR count). The van der Waals surface area contributed by atoms with Crippen molar-refractivity contribution in [2.45, 2.75) is 19.4 Å². The summed E-state index contributed by atoms with van der Waals surface area (Å²) in [5.74, 6) is 3.33. The second-order valence-electron chi connectivity index (χ2n) is 2.64. The molecule has 1 heterocycles. The average molecular weight is 131 g/mol. The van der Waals surface area contributed by atoms with E-state index in [0.717, 1.165) is 5.92 Å². The highest BCUT2D eigenvalue weighted by atomic mass is 32.2. The Hall–Kier alpha value is 0.310. The second kappa shape index (κ2) is 2.74. The van der Waals surface area contributed by atoms with Crippen LogP contribution < -0.4 is 5.73 Å². The first-order valence-electron chi connectivity index (χ1n) is 3.12. The lowest BCUT2D eigenvalue weighted by Gasteiger charge is -2.22. The average Bonchev–Trinajstić information content (AvgIpc) is 1.64. The van der Waals surface area contributed by atoms with Crippen LogP contribution in [0, 0.1) is 5.92 Å². The van der Waals surface area contributed by atoms with Crippen molar-refractivity contribution in [1.29, 1.82) is 0 Å². The Balaban J connectivity index is 2.23. The summed E-state index contributed by atoms with van der Waals surface area (Å²) in [6, 6.07) is 0.476. The SMILES string of the molecule is C[C@@H]1CSC[C@H](N)C1. The molecule has 1 nitrogen and oxygen atoms in total. The van der Waals surface area contributed by atoms with Crippen molar-refractivity contribution in [2.24, 2.45) is 11.7 Å².